The third-order valence-corrected chi connectivity index (χ3v) is 6.41. The Labute approximate surface area is 227 Å². The highest BCUT2D eigenvalue weighted by molar-refractivity contribution is 6.03. The van der Waals surface area contributed by atoms with Crippen LogP contribution in [-0.4, -0.2) is 82.0 Å². The smallest absolute Gasteiger partial charge is 0.276 e. The molecule has 208 valence electrons. The molecule has 12 heteroatoms. The molecule has 1 aromatic carbocycles. The first-order chi connectivity index (χ1) is 18.9. The minimum Gasteiger partial charge on any atom is -0.491 e. The topological polar surface area (TPSA) is 139 Å². The number of anilines is 1. The van der Waals surface area contributed by atoms with Gasteiger partial charge in [0.25, 0.3) is 5.91 Å². The number of ether oxygens (including phenoxy) is 2. The highest BCUT2D eigenvalue weighted by Crippen LogP contribution is 2.31. The third kappa shape index (κ3) is 6.93. The van der Waals surface area contributed by atoms with Gasteiger partial charge in [-0.25, -0.2) is 4.98 Å². The van der Waals surface area contributed by atoms with E-state index in [0.29, 0.717) is 86.4 Å². The van der Waals surface area contributed by atoms with E-state index < -0.39 is 0 Å². The third-order valence-electron chi connectivity index (χ3n) is 6.41. The van der Waals surface area contributed by atoms with Crippen molar-refractivity contribution in [1.82, 2.24) is 29.5 Å². The molecule has 0 unspecified atom stereocenters. The summed E-state index contributed by atoms with van der Waals surface area (Å²) >= 11 is 0. The van der Waals surface area contributed by atoms with Gasteiger partial charge in [-0.05, 0) is 38.8 Å². The summed E-state index contributed by atoms with van der Waals surface area (Å²) < 4.78 is 15.0. The summed E-state index contributed by atoms with van der Waals surface area (Å²) in [4.78, 5) is 32.1. The van der Waals surface area contributed by atoms with Crippen LogP contribution in [0.25, 0.3) is 11.0 Å². The van der Waals surface area contributed by atoms with Crippen LogP contribution in [0.3, 0.4) is 0 Å². The maximum Gasteiger partial charge on any atom is 0.276 e. The number of nitrogens with one attached hydrogen (secondary N) is 2. The molecule has 12 nitrogen and oxygen atoms in total. The summed E-state index contributed by atoms with van der Waals surface area (Å²) in [5.41, 5.74) is 2.90. The van der Waals surface area contributed by atoms with Crippen molar-refractivity contribution in [3.05, 3.63) is 35.2 Å². The fourth-order valence-corrected chi connectivity index (χ4v) is 4.58. The highest BCUT2D eigenvalue weighted by Gasteiger charge is 2.21. The van der Waals surface area contributed by atoms with Crippen LogP contribution < -0.4 is 15.4 Å². The lowest BCUT2D eigenvalue weighted by molar-refractivity contribution is -0.123. The molecule has 2 amide bonds. The number of fused-ring (bicyclic) bond motifs is 1. The average Bonchev–Trinajstić information content (AvgIpc) is 3.48. The number of amides is 2. The molecule has 0 atom stereocenters. The molecule has 1 saturated heterocycles. The number of aromatic nitrogens is 4. The van der Waals surface area contributed by atoms with Gasteiger partial charge in [-0.3, -0.25) is 24.5 Å². The number of hydrogen-bond acceptors (Lipinski definition) is 8. The molecule has 4 rings (SSSR count). The fourth-order valence-electron chi connectivity index (χ4n) is 4.58. The van der Waals surface area contributed by atoms with Crippen LogP contribution in [0.15, 0.2) is 18.2 Å². The Hall–Kier alpha value is -3.95. The van der Waals surface area contributed by atoms with Crippen molar-refractivity contribution in [2.75, 3.05) is 51.3 Å². The molecule has 3 heterocycles. The van der Waals surface area contributed by atoms with Crippen molar-refractivity contribution >= 4 is 28.8 Å². The first-order valence-electron chi connectivity index (χ1n) is 13.4. The molecule has 3 aromatic rings. The van der Waals surface area contributed by atoms with E-state index in [4.69, 9.17) is 9.47 Å². The van der Waals surface area contributed by atoms with Gasteiger partial charge >= 0.3 is 0 Å². The number of benzene rings is 1. The highest BCUT2D eigenvalue weighted by atomic mass is 16.5. The predicted octanol–water partition coefficient (Wildman–Crippen LogP) is 2.31. The number of imidazole rings is 1. The molecule has 39 heavy (non-hydrogen) atoms. The van der Waals surface area contributed by atoms with E-state index in [1.165, 1.54) is 0 Å². The Balaban J connectivity index is 1.46. The molecule has 0 saturated carbocycles. The van der Waals surface area contributed by atoms with Gasteiger partial charge in [0, 0.05) is 38.8 Å². The van der Waals surface area contributed by atoms with E-state index in [0.717, 1.165) is 25.2 Å². The van der Waals surface area contributed by atoms with Crippen LogP contribution in [0.1, 0.15) is 48.4 Å². The number of aryl methyl sites for hydroxylation is 3. The van der Waals surface area contributed by atoms with Crippen LogP contribution in [0.4, 0.5) is 5.95 Å². The molecule has 0 radical (unpaired) electrons. The second-order valence-corrected chi connectivity index (χ2v) is 9.42. The normalized spacial score (nSPS) is 13.8. The molecule has 0 aliphatic carbocycles. The van der Waals surface area contributed by atoms with Gasteiger partial charge < -0.3 is 19.4 Å². The zero-order valence-electron chi connectivity index (χ0n) is 22.8. The summed E-state index contributed by atoms with van der Waals surface area (Å²) in [6, 6.07) is 7.28. The van der Waals surface area contributed by atoms with Crippen LogP contribution in [-0.2, 0) is 22.6 Å². The zero-order chi connectivity index (χ0) is 27.8. The van der Waals surface area contributed by atoms with Gasteiger partial charge in [0.05, 0.1) is 49.2 Å². The first-order valence-corrected chi connectivity index (χ1v) is 13.4. The maximum atomic E-state index is 13.1. The average molecular weight is 537 g/mol. The van der Waals surface area contributed by atoms with Crippen LogP contribution in [0, 0.1) is 18.3 Å². The van der Waals surface area contributed by atoms with Crippen LogP contribution >= 0.6 is 0 Å². The number of carbonyl (C=O) groups is 2. The van der Waals surface area contributed by atoms with Gasteiger partial charge in [0.2, 0.25) is 11.9 Å². The van der Waals surface area contributed by atoms with Gasteiger partial charge in [-0.1, -0.05) is 6.92 Å². The molecule has 2 aromatic heterocycles. The molecule has 0 spiro atoms. The monoisotopic (exact) mass is 536 g/mol. The number of nitrogens with zero attached hydrogens (tertiary/aromatic N) is 6. The van der Waals surface area contributed by atoms with Crippen molar-refractivity contribution in [3.8, 4) is 11.8 Å². The Morgan fingerprint density at radius 1 is 1.21 bits per heavy atom. The minimum atomic E-state index is -0.305. The van der Waals surface area contributed by atoms with E-state index in [1.54, 1.807) is 22.9 Å². The van der Waals surface area contributed by atoms with E-state index in [9.17, 15) is 14.9 Å². The fraction of sp³-hybridized carbons (Fsp3) is 0.519. The molecule has 2 N–H and O–H groups in total. The minimum absolute atomic E-state index is 0.0215. The van der Waals surface area contributed by atoms with Crippen molar-refractivity contribution in [2.45, 2.75) is 46.7 Å². The van der Waals surface area contributed by atoms with Crippen molar-refractivity contribution in [3.63, 3.8) is 0 Å². The summed E-state index contributed by atoms with van der Waals surface area (Å²) in [6.45, 7) is 11.0. The Morgan fingerprint density at radius 2 is 2.00 bits per heavy atom. The Morgan fingerprint density at radius 3 is 2.72 bits per heavy atom. The second kappa shape index (κ2) is 13.2. The number of nitriles is 1. The Kier molecular flexibility index (Phi) is 9.51. The van der Waals surface area contributed by atoms with Crippen molar-refractivity contribution in [1.29, 1.82) is 5.26 Å². The van der Waals surface area contributed by atoms with Gasteiger partial charge in [-0.2, -0.15) is 10.4 Å². The maximum absolute atomic E-state index is 13.1. The van der Waals surface area contributed by atoms with Crippen molar-refractivity contribution in [2.24, 2.45) is 0 Å². The summed E-state index contributed by atoms with van der Waals surface area (Å²) in [5, 5.41) is 19.8. The van der Waals surface area contributed by atoms with Gasteiger partial charge in [0.1, 0.15) is 17.0 Å². The van der Waals surface area contributed by atoms with Crippen molar-refractivity contribution < 1.29 is 19.1 Å². The van der Waals surface area contributed by atoms with Crippen LogP contribution in [0.5, 0.6) is 5.75 Å². The van der Waals surface area contributed by atoms with E-state index in [1.807, 2.05) is 25.3 Å². The second-order valence-electron chi connectivity index (χ2n) is 9.42. The molecular formula is C27H36N8O4. The lowest BCUT2D eigenvalue weighted by Crippen LogP contribution is -2.43. The van der Waals surface area contributed by atoms with Gasteiger partial charge in [0.15, 0.2) is 0 Å². The summed E-state index contributed by atoms with van der Waals surface area (Å²) in [5.74, 6) is 0.570. The predicted molar refractivity (Wildman–Crippen MR) is 146 cm³/mol. The summed E-state index contributed by atoms with van der Waals surface area (Å²) in [6.07, 6.45) is 1.40. The number of morpholine rings is 1. The number of hydrogen-bond donors (Lipinski definition) is 2. The largest absolute Gasteiger partial charge is 0.491 e. The number of rotatable bonds is 12. The molecule has 0 bridgehead atoms. The lowest BCUT2D eigenvalue weighted by atomic mass is 10.2. The zero-order valence-corrected chi connectivity index (χ0v) is 22.8. The van der Waals surface area contributed by atoms with Gasteiger partial charge in [-0.15, -0.1) is 0 Å². The summed E-state index contributed by atoms with van der Waals surface area (Å²) in [7, 11) is 0. The first kappa shape index (κ1) is 28.1. The van der Waals surface area contributed by atoms with E-state index in [2.05, 4.69) is 31.7 Å². The lowest BCUT2D eigenvalue weighted by Gasteiger charge is -2.25. The molecular weight excluding hydrogens is 500 g/mol. The molecule has 1 fully saturated rings. The van der Waals surface area contributed by atoms with E-state index >= 15 is 0 Å². The SMILES string of the molecule is CCCn1c(NC(=O)c2cc(C)nn2CC)nc2cc(C#N)cc(OCCCNC(=O)CN3CCOCC3)c21. The molecule has 1 aliphatic heterocycles. The van der Waals surface area contributed by atoms with Crippen LogP contribution in [0.2, 0.25) is 0 Å². The quantitative estimate of drug-likeness (QED) is 0.336. The molecule has 1 aliphatic rings. The van der Waals surface area contributed by atoms with E-state index in [-0.39, 0.29) is 11.8 Å². The Bertz CT molecular complexity index is 1350. The standard InChI is InChI=1S/C27H36N8O4/c1-4-8-34-25-21(30-27(34)31-26(37)22-14-19(3)32-35(22)5-2)15-20(17-28)16-23(25)39-11-6-7-29-24(36)18-33-9-12-38-13-10-33/h14-16H,4-13,18H2,1-3H3,(H,29,36)(H,30,31,37). The number of carbonyl (C=O) groups excluding carboxylic acids is 2.